The van der Waals surface area contributed by atoms with Gasteiger partial charge in [0.1, 0.15) is 0 Å². The van der Waals surface area contributed by atoms with E-state index in [1.807, 2.05) is 0 Å². The third-order valence-electron chi connectivity index (χ3n) is 5.04. The summed E-state index contributed by atoms with van der Waals surface area (Å²) in [5, 5.41) is 3.63. The van der Waals surface area contributed by atoms with Crippen molar-refractivity contribution in [3.63, 3.8) is 0 Å². The molecule has 4 rings (SSSR count). The van der Waals surface area contributed by atoms with E-state index in [0.29, 0.717) is 0 Å². The fourth-order valence-corrected chi connectivity index (χ4v) is 3.72. The van der Waals surface area contributed by atoms with Gasteiger partial charge in [0.2, 0.25) is 0 Å². The largest absolute Gasteiger partial charge is 0.355 e. The van der Waals surface area contributed by atoms with Crippen molar-refractivity contribution in [3.05, 3.63) is 95.3 Å². The molecule has 1 aromatic carbocycles. The van der Waals surface area contributed by atoms with Gasteiger partial charge in [0.05, 0.1) is 0 Å². The highest BCUT2D eigenvalue weighted by molar-refractivity contribution is 5.80. The van der Waals surface area contributed by atoms with Gasteiger partial charge >= 0.3 is 0 Å². The molecule has 0 bridgehead atoms. The van der Waals surface area contributed by atoms with Gasteiger partial charge in [-0.15, -0.1) is 0 Å². The van der Waals surface area contributed by atoms with Crippen molar-refractivity contribution in [3.8, 4) is 0 Å². The number of allylic oxidation sites excluding steroid dienone is 11. The quantitative estimate of drug-likeness (QED) is 0.648. The van der Waals surface area contributed by atoms with E-state index in [1.54, 1.807) is 0 Å². The number of hydrogen-bond donors (Lipinski definition) is 1. The number of anilines is 1. The standard InChI is InChI=1S/C24H25N/c1-3-10-19(11-4-1)20-12-9-13-21(18-20)23-16-7-8-17-24(23)25-22-14-5-2-6-15-22/h1,3,5,7-8,10,12,14-18,25H,2,4,6,9,11,13H2. The van der Waals surface area contributed by atoms with Gasteiger partial charge in [-0.2, -0.15) is 0 Å². The van der Waals surface area contributed by atoms with Crippen molar-refractivity contribution >= 4 is 11.3 Å². The van der Waals surface area contributed by atoms with Gasteiger partial charge in [-0.25, -0.2) is 0 Å². The van der Waals surface area contributed by atoms with E-state index in [2.05, 4.69) is 78.2 Å². The molecule has 1 aromatic rings. The zero-order valence-electron chi connectivity index (χ0n) is 14.7. The highest BCUT2D eigenvalue weighted by atomic mass is 14.9. The van der Waals surface area contributed by atoms with Crippen molar-refractivity contribution in [1.29, 1.82) is 0 Å². The van der Waals surface area contributed by atoms with Crippen LogP contribution in [0.5, 0.6) is 0 Å². The summed E-state index contributed by atoms with van der Waals surface area (Å²) >= 11 is 0. The lowest BCUT2D eigenvalue weighted by Gasteiger charge is -2.20. The molecule has 0 heterocycles. The van der Waals surface area contributed by atoms with Crippen LogP contribution in [0.15, 0.2) is 89.7 Å². The Morgan fingerprint density at radius 2 is 1.72 bits per heavy atom. The first-order valence-electron chi connectivity index (χ1n) is 9.40. The van der Waals surface area contributed by atoms with Crippen molar-refractivity contribution in [2.75, 3.05) is 5.32 Å². The Balaban J connectivity index is 1.63. The summed E-state index contributed by atoms with van der Waals surface area (Å²) in [5.74, 6) is 0. The Bertz CT molecular complexity index is 827. The minimum absolute atomic E-state index is 1.11. The average molecular weight is 327 g/mol. The van der Waals surface area contributed by atoms with E-state index >= 15 is 0 Å². The smallest absolute Gasteiger partial charge is 0.0460 e. The molecule has 0 unspecified atom stereocenters. The molecular weight excluding hydrogens is 302 g/mol. The van der Waals surface area contributed by atoms with Crippen LogP contribution in [0.2, 0.25) is 0 Å². The molecule has 25 heavy (non-hydrogen) atoms. The predicted octanol–water partition coefficient (Wildman–Crippen LogP) is 6.71. The van der Waals surface area contributed by atoms with E-state index in [4.69, 9.17) is 0 Å². The monoisotopic (exact) mass is 327 g/mol. The van der Waals surface area contributed by atoms with Crippen molar-refractivity contribution in [1.82, 2.24) is 0 Å². The molecular formula is C24H25N. The summed E-state index contributed by atoms with van der Waals surface area (Å²) < 4.78 is 0. The maximum atomic E-state index is 3.63. The second-order valence-corrected chi connectivity index (χ2v) is 6.84. The van der Waals surface area contributed by atoms with Gasteiger partial charge in [0.15, 0.2) is 0 Å². The number of hydrogen-bond acceptors (Lipinski definition) is 1. The molecule has 0 saturated heterocycles. The van der Waals surface area contributed by atoms with Crippen LogP contribution in [0.3, 0.4) is 0 Å². The van der Waals surface area contributed by atoms with Crippen LogP contribution in [0, 0.1) is 0 Å². The van der Waals surface area contributed by atoms with E-state index in [-0.39, 0.29) is 0 Å². The normalized spacial score (nSPS) is 19.7. The molecule has 3 aliphatic carbocycles. The minimum Gasteiger partial charge on any atom is -0.355 e. The van der Waals surface area contributed by atoms with Crippen LogP contribution >= 0.6 is 0 Å². The van der Waals surface area contributed by atoms with Gasteiger partial charge < -0.3 is 5.32 Å². The molecule has 0 atom stereocenters. The molecule has 0 amide bonds. The molecule has 126 valence electrons. The zero-order chi connectivity index (χ0) is 16.9. The molecule has 0 radical (unpaired) electrons. The molecule has 1 heteroatoms. The van der Waals surface area contributed by atoms with Crippen LogP contribution in [-0.4, -0.2) is 0 Å². The highest BCUT2D eigenvalue weighted by Crippen LogP contribution is 2.35. The molecule has 0 spiro atoms. The van der Waals surface area contributed by atoms with Gasteiger partial charge in [-0.1, -0.05) is 60.7 Å². The van der Waals surface area contributed by atoms with Gasteiger partial charge in [0.25, 0.3) is 0 Å². The van der Waals surface area contributed by atoms with E-state index in [0.717, 1.165) is 38.5 Å². The van der Waals surface area contributed by atoms with E-state index in [1.165, 1.54) is 33.7 Å². The summed E-state index contributed by atoms with van der Waals surface area (Å²) in [5.41, 5.74) is 8.09. The third kappa shape index (κ3) is 3.76. The Labute approximate surface area is 150 Å². The van der Waals surface area contributed by atoms with Crippen molar-refractivity contribution in [2.45, 2.75) is 38.5 Å². The fraction of sp³-hybridized carbons (Fsp3) is 0.250. The topological polar surface area (TPSA) is 12.0 Å². The Morgan fingerprint density at radius 3 is 2.56 bits per heavy atom. The maximum Gasteiger partial charge on any atom is 0.0460 e. The summed E-state index contributed by atoms with van der Waals surface area (Å²) in [4.78, 5) is 0. The molecule has 1 nitrogen and oxygen atoms in total. The summed E-state index contributed by atoms with van der Waals surface area (Å²) in [6, 6.07) is 8.71. The van der Waals surface area contributed by atoms with Crippen LogP contribution in [0.25, 0.3) is 5.57 Å². The van der Waals surface area contributed by atoms with Gasteiger partial charge in [-0.05, 0) is 67.4 Å². The number of nitrogens with one attached hydrogen (secondary N) is 1. The summed E-state index contributed by atoms with van der Waals surface area (Å²) in [6.07, 6.45) is 25.1. The minimum atomic E-state index is 1.11. The molecule has 0 aromatic heterocycles. The summed E-state index contributed by atoms with van der Waals surface area (Å²) in [7, 11) is 0. The van der Waals surface area contributed by atoms with Crippen molar-refractivity contribution in [2.24, 2.45) is 0 Å². The average Bonchev–Trinajstić information content (AvgIpc) is 2.70. The fourth-order valence-electron chi connectivity index (χ4n) is 3.72. The SMILES string of the molecule is C1=CCCC(C2=CCCC(c3ccccc3NC3=CCCC=C3)=C2)=C1. The van der Waals surface area contributed by atoms with Gasteiger partial charge in [0, 0.05) is 16.9 Å². The van der Waals surface area contributed by atoms with Crippen LogP contribution in [-0.2, 0) is 0 Å². The Kier molecular flexibility index (Phi) is 4.83. The second-order valence-electron chi connectivity index (χ2n) is 6.84. The maximum absolute atomic E-state index is 3.63. The molecule has 0 aliphatic heterocycles. The van der Waals surface area contributed by atoms with Crippen molar-refractivity contribution < 1.29 is 0 Å². The molecule has 1 N–H and O–H groups in total. The van der Waals surface area contributed by atoms with Crippen LogP contribution in [0.4, 0.5) is 5.69 Å². The number of para-hydroxylation sites is 1. The van der Waals surface area contributed by atoms with Gasteiger partial charge in [-0.3, -0.25) is 0 Å². The van der Waals surface area contributed by atoms with E-state index in [9.17, 15) is 0 Å². The number of benzene rings is 1. The predicted molar refractivity (Wildman–Crippen MR) is 108 cm³/mol. The lowest BCUT2D eigenvalue weighted by Crippen LogP contribution is -2.03. The first-order valence-corrected chi connectivity index (χ1v) is 9.40. The zero-order valence-corrected chi connectivity index (χ0v) is 14.7. The molecule has 0 fully saturated rings. The third-order valence-corrected chi connectivity index (χ3v) is 5.04. The Morgan fingerprint density at radius 1 is 0.800 bits per heavy atom. The second kappa shape index (κ2) is 7.57. The van der Waals surface area contributed by atoms with Crippen LogP contribution < -0.4 is 5.32 Å². The molecule has 3 aliphatic rings. The first-order chi connectivity index (χ1) is 12.4. The van der Waals surface area contributed by atoms with Crippen LogP contribution in [0.1, 0.15) is 44.1 Å². The summed E-state index contributed by atoms with van der Waals surface area (Å²) in [6.45, 7) is 0. The Hall–Kier alpha value is -2.54. The first kappa shape index (κ1) is 16.0. The lowest BCUT2D eigenvalue weighted by atomic mass is 9.87. The lowest BCUT2D eigenvalue weighted by molar-refractivity contribution is 0.957. The highest BCUT2D eigenvalue weighted by Gasteiger charge is 2.14. The van der Waals surface area contributed by atoms with E-state index < -0.39 is 0 Å². The number of rotatable bonds is 4. The molecule has 0 saturated carbocycles.